The Balaban J connectivity index is 3.39. The fraction of sp³-hybridized carbons (Fsp3) is 0.630. The maximum atomic E-state index is 14.0. The van der Waals surface area contributed by atoms with Crippen LogP contribution in [-0.2, 0) is 23.9 Å². The van der Waals surface area contributed by atoms with Gasteiger partial charge in [-0.2, -0.15) is 0 Å². The molecule has 0 fully saturated rings. The average Bonchev–Trinajstić information content (AvgIpc) is 2.78. The van der Waals surface area contributed by atoms with Crippen LogP contribution in [0.4, 0.5) is 4.79 Å². The Bertz CT molecular complexity index is 927. The van der Waals surface area contributed by atoms with Gasteiger partial charge < -0.3 is 30.1 Å². The molecule has 10 nitrogen and oxygen atoms in total. The molecule has 0 heterocycles. The van der Waals surface area contributed by atoms with Crippen molar-refractivity contribution in [1.82, 2.24) is 15.5 Å². The number of carbonyl (C=O) groups excluding carboxylic acids is 4. The Morgan fingerprint density at radius 2 is 1.73 bits per heavy atom. The van der Waals surface area contributed by atoms with Gasteiger partial charge in [-0.3, -0.25) is 14.4 Å². The van der Waals surface area contributed by atoms with Crippen molar-refractivity contribution in [3.8, 4) is 5.75 Å². The number of carbonyl (C=O) groups is 4. The van der Waals surface area contributed by atoms with Gasteiger partial charge in [-0.1, -0.05) is 32.4 Å². The Morgan fingerprint density at radius 3 is 2.24 bits per heavy atom. The molecular weight excluding hydrogens is 478 g/mol. The van der Waals surface area contributed by atoms with Crippen LogP contribution < -0.4 is 10.6 Å². The van der Waals surface area contributed by atoms with Gasteiger partial charge in [-0.15, -0.1) is 0 Å². The first-order chi connectivity index (χ1) is 17.2. The highest BCUT2D eigenvalue weighted by Gasteiger charge is 2.39. The highest BCUT2D eigenvalue weighted by Crippen LogP contribution is 2.28. The molecule has 3 unspecified atom stereocenters. The quantitative estimate of drug-likeness (QED) is 0.357. The number of nitrogens with zero attached hydrogens (tertiary/aromatic N) is 1. The lowest BCUT2D eigenvalue weighted by molar-refractivity contribution is -0.146. The number of hydrogen-bond acceptors (Lipinski definition) is 7. The van der Waals surface area contributed by atoms with Gasteiger partial charge in [0.1, 0.15) is 23.4 Å². The van der Waals surface area contributed by atoms with Crippen LogP contribution in [0, 0.1) is 5.92 Å². The van der Waals surface area contributed by atoms with Gasteiger partial charge in [0.05, 0.1) is 13.0 Å². The molecule has 0 saturated carbocycles. The van der Waals surface area contributed by atoms with Gasteiger partial charge >= 0.3 is 12.1 Å². The van der Waals surface area contributed by atoms with Crippen LogP contribution in [0.3, 0.4) is 0 Å². The third-order valence-electron chi connectivity index (χ3n) is 5.61. The van der Waals surface area contributed by atoms with Crippen LogP contribution in [0.5, 0.6) is 5.75 Å². The number of amides is 3. The lowest BCUT2D eigenvalue weighted by atomic mass is 9.94. The van der Waals surface area contributed by atoms with Crippen molar-refractivity contribution in [3.63, 3.8) is 0 Å². The van der Waals surface area contributed by atoms with E-state index in [1.165, 1.54) is 17.0 Å². The minimum absolute atomic E-state index is 0.0120. The van der Waals surface area contributed by atoms with Gasteiger partial charge in [0.15, 0.2) is 0 Å². The number of alkyl carbamates (subject to hydrolysis) is 1. The largest absolute Gasteiger partial charge is 0.508 e. The molecule has 0 bridgehead atoms. The normalized spacial score (nSPS) is 13.8. The molecule has 0 aliphatic heterocycles. The van der Waals surface area contributed by atoms with E-state index < -0.39 is 47.6 Å². The van der Waals surface area contributed by atoms with E-state index in [1.807, 2.05) is 13.8 Å². The third-order valence-corrected chi connectivity index (χ3v) is 5.61. The maximum absolute atomic E-state index is 14.0. The maximum Gasteiger partial charge on any atom is 0.408 e. The summed E-state index contributed by atoms with van der Waals surface area (Å²) in [5.74, 6) is -1.78. The highest BCUT2D eigenvalue weighted by molar-refractivity contribution is 5.92. The van der Waals surface area contributed by atoms with Crippen molar-refractivity contribution < 1.29 is 33.8 Å². The van der Waals surface area contributed by atoms with Crippen LogP contribution in [0.1, 0.15) is 79.8 Å². The summed E-state index contributed by atoms with van der Waals surface area (Å²) < 4.78 is 10.3. The number of hydrogen-bond donors (Lipinski definition) is 3. The summed E-state index contributed by atoms with van der Waals surface area (Å²) in [7, 11) is 0. The van der Waals surface area contributed by atoms with Gasteiger partial charge in [-0.05, 0) is 65.2 Å². The van der Waals surface area contributed by atoms with E-state index >= 15 is 0 Å². The van der Waals surface area contributed by atoms with Crippen molar-refractivity contribution >= 4 is 23.9 Å². The predicted octanol–water partition coefficient (Wildman–Crippen LogP) is 3.68. The second-order valence-corrected chi connectivity index (χ2v) is 10.2. The molecule has 3 atom stereocenters. The molecule has 1 rings (SSSR count). The average molecular weight is 522 g/mol. The number of ether oxygens (including phenoxy) is 2. The van der Waals surface area contributed by atoms with Crippen molar-refractivity contribution in [2.45, 2.75) is 92.0 Å². The zero-order valence-corrected chi connectivity index (χ0v) is 23.3. The fourth-order valence-electron chi connectivity index (χ4n) is 3.71. The van der Waals surface area contributed by atoms with Crippen molar-refractivity contribution in [3.05, 3.63) is 29.8 Å². The first-order valence-corrected chi connectivity index (χ1v) is 12.8. The van der Waals surface area contributed by atoms with Crippen molar-refractivity contribution in [1.29, 1.82) is 0 Å². The molecule has 37 heavy (non-hydrogen) atoms. The van der Waals surface area contributed by atoms with E-state index in [-0.39, 0.29) is 31.2 Å². The van der Waals surface area contributed by atoms with Gasteiger partial charge in [0, 0.05) is 12.6 Å². The molecule has 0 spiro atoms. The zero-order chi connectivity index (χ0) is 28.3. The number of phenolic OH excluding ortho intramolecular Hbond substituents is 1. The highest BCUT2D eigenvalue weighted by atomic mass is 16.6. The molecule has 0 saturated heterocycles. The van der Waals surface area contributed by atoms with E-state index in [9.17, 15) is 24.3 Å². The number of benzene rings is 1. The molecule has 10 heteroatoms. The van der Waals surface area contributed by atoms with E-state index in [4.69, 9.17) is 9.47 Å². The second-order valence-electron chi connectivity index (χ2n) is 10.2. The Kier molecular flexibility index (Phi) is 12.4. The number of aromatic hydroxyl groups is 1. The minimum Gasteiger partial charge on any atom is -0.508 e. The standard InChI is InChI=1S/C27H43N3O7/c1-9-18(5)22(29-26(35)37-27(6,7)8)25(34)30(17(3)4)23(19-12-11-13-20(31)16-19)24(33)28-15-14-21(32)36-10-2/h11-13,16-18,22-23,31H,9-10,14-15H2,1-8H3,(H,28,33)(H,29,35). The summed E-state index contributed by atoms with van der Waals surface area (Å²) in [6.07, 6.45) is -0.180. The third kappa shape index (κ3) is 10.3. The first kappa shape index (κ1) is 31.7. The molecule has 1 aromatic rings. The first-order valence-electron chi connectivity index (χ1n) is 12.8. The number of phenols is 1. The molecule has 3 N–H and O–H groups in total. The zero-order valence-electron chi connectivity index (χ0n) is 23.3. The van der Waals surface area contributed by atoms with E-state index in [1.54, 1.807) is 53.7 Å². The molecule has 3 amide bonds. The summed E-state index contributed by atoms with van der Waals surface area (Å²) in [5.41, 5.74) is -0.371. The van der Waals surface area contributed by atoms with Crippen LogP contribution in [0.25, 0.3) is 0 Å². The molecule has 0 radical (unpaired) electrons. The Morgan fingerprint density at radius 1 is 1.08 bits per heavy atom. The Hall–Kier alpha value is -3.30. The molecule has 1 aromatic carbocycles. The second kappa shape index (κ2) is 14.4. The van der Waals surface area contributed by atoms with Crippen LogP contribution in [-0.4, -0.2) is 64.7 Å². The lowest BCUT2D eigenvalue weighted by Gasteiger charge is -2.38. The Labute approximate surface area is 220 Å². The van der Waals surface area contributed by atoms with E-state index in [0.717, 1.165) is 0 Å². The number of rotatable bonds is 12. The van der Waals surface area contributed by atoms with Gasteiger partial charge in [0.2, 0.25) is 11.8 Å². The van der Waals surface area contributed by atoms with Crippen LogP contribution in [0.2, 0.25) is 0 Å². The number of esters is 1. The number of nitrogens with one attached hydrogen (secondary N) is 2. The predicted molar refractivity (Wildman–Crippen MR) is 140 cm³/mol. The van der Waals surface area contributed by atoms with Crippen molar-refractivity contribution in [2.24, 2.45) is 5.92 Å². The molecule has 0 aliphatic carbocycles. The molecule has 208 valence electrons. The van der Waals surface area contributed by atoms with E-state index in [0.29, 0.717) is 12.0 Å². The summed E-state index contributed by atoms with van der Waals surface area (Å²) in [6.45, 7) is 14.4. The smallest absolute Gasteiger partial charge is 0.408 e. The SMILES string of the molecule is CCOC(=O)CCNC(=O)C(c1cccc(O)c1)N(C(=O)C(NC(=O)OC(C)(C)C)C(C)CC)C(C)C. The fourth-order valence-corrected chi connectivity index (χ4v) is 3.71. The van der Waals surface area contributed by atoms with Crippen LogP contribution in [0.15, 0.2) is 24.3 Å². The monoisotopic (exact) mass is 521 g/mol. The van der Waals surface area contributed by atoms with Crippen molar-refractivity contribution in [2.75, 3.05) is 13.2 Å². The minimum atomic E-state index is -1.13. The summed E-state index contributed by atoms with van der Waals surface area (Å²) in [6, 6.07) is 3.55. The van der Waals surface area contributed by atoms with E-state index in [2.05, 4.69) is 10.6 Å². The molecular formula is C27H43N3O7. The van der Waals surface area contributed by atoms with Gasteiger partial charge in [0.25, 0.3) is 0 Å². The lowest BCUT2D eigenvalue weighted by Crippen LogP contribution is -2.57. The summed E-state index contributed by atoms with van der Waals surface area (Å²) >= 11 is 0. The summed E-state index contributed by atoms with van der Waals surface area (Å²) in [4.78, 5) is 53.2. The molecule has 0 aromatic heterocycles. The topological polar surface area (TPSA) is 134 Å². The van der Waals surface area contributed by atoms with Gasteiger partial charge in [-0.25, -0.2) is 4.79 Å². The summed E-state index contributed by atoms with van der Waals surface area (Å²) in [5, 5.41) is 15.5. The van der Waals surface area contributed by atoms with Crippen LogP contribution >= 0.6 is 0 Å². The molecule has 0 aliphatic rings.